The topological polar surface area (TPSA) is 86.6 Å². The number of halogens is 2. The smallest absolute Gasteiger partial charge is 0.337 e. The van der Waals surface area contributed by atoms with Crippen molar-refractivity contribution in [1.82, 2.24) is 5.32 Å². The van der Waals surface area contributed by atoms with Crippen LogP contribution in [0.4, 0.5) is 4.39 Å². The highest BCUT2D eigenvalue weighted by molar-refractivity contribution is 6.34. The first-order chi connectivity index (χ1) is 9.36. The molecule has 0 spiro atoms. The van der Waals surface area contributed by atoms with Crippen LogP contribution in [0.15, 0.2) is 18.2 Å². The zero-order chi connectivity index (χ0) is 14.9. The van der Waals surface area contributed by atoms with Gasteiger partial charge in [0.2, 0.25) is 0 Å². The van der Waals surface area contributed by atoms with Gasteiger partial charge in [-0.15, -0.1) is 0 Å². The second-order valence-electron chi connectivity index (χ2n) is 4.75. The van der Waals surface area contributed by atoms with Crippen LogP contribution in [0.2, 0.25) is 5.02 Å². The average molecular weight is 302 g/mol. The highest BCUT2D eigenvalue weighted by Crippen LogP contribution is 2.31. The summed E-state index contributed by atoms with van der Waals surface area (Å²) in [6.07, 6.45) is 0.871. The van der Waals surface area contributed by atoms with E-state index in [4.69, 9.17) is 16.7 Å². The number of nitrogens with one attached hydrogen (secondary N) is 1. The number of aliphatic hydroxyl groups is 1. The maximum absolute atomic E-state index is 13.3. The van der Waals surface area contributed by atoms with E-state index in [1.807, 2.05) is 0 Å². The summed E-state index contributed by atoms with van der Waals surface area (Å²) in [6.45, 7) is 0. The summed E-state index contributed by atoms with van der Waals surface area (Å²) in [5.41, 5.74) is -2.08. The van der Waals surface area contributed by atoms with Gasteiger partial charge in [-0.05, 0) is 31.4 Å². The first kappa shape index (κ1) is 14.7. The molecule has 0 radical (unpaired) electrons. The number of carboxylic acid groups (broad SMARTS) is 1. The van der Waals surface area contributed by atoms with Crippen molar-refractivity contribution in [3.63, 3.8) is 0 Å². The zero-order valence-electron chi connectivity index (χ0n) is 10.4. The third-order valence-corrected chi connectivity index (χ3v) is 3.88. The van der Waals surface area contributed by atoms with Crippen molar-refractivity contribution in [2.24, 2.45) is 0 Å². The number of carboxylic acids is 1. The summed E-state index contributed by atoms with van der Waals surface area (Å²) in [7, 11) is 0. The number of rotatable bonds is 3. The van der Waals surface area contributed by atoms with E-state index < -0.39 is 29.3 Å². The molecule has 5 nitrogen and oxygen atoms in total. The molecule has 0 aromatic heterocycles. The summed E-state index contributed by atoms with van der Waals surface area (Å²) in [5.74, 6) is -2.83. The van der Waals surface area contributed by atoms with Gasteiger partial charge in [0.25, 0.3) is 5.91 Å². The second-order valence-corrected chi connectivity index (χ2v) is 5.13. The molecular weight excluding hydrogens is 289 g/mol. The monoisotopic (exact) mass is 301 g/mol. The van der Waals surface area contributed by atoms with Crippen LogP contribution in [0.1, 0.15) is 29.6 Å². The van der Waals surface area contributed by atoms with Crippen molar-refractivity contribution in [2.75, 3.05) is 0 Å². The number of carbonyl (C=O) groups is 2. The van der Waals surface area contributed by atoms with E-state index in [1.54, 1.807) is 0 Å². The number of hydrogen-bond acceptors (Lipinski definition) is 3. The van der Waals surface area contributed by atoms with Crippen molar-refractivity contribution in [1.29, 1.82) is 0 Å². The Hall–Kier alpha value is -1.66. The molecule has 2 unspecified atom stereocenters. The Labute approximate surface area is 119 Å². The van der Waals surface area contributed by atoms with E-state index in [9.17, 15) is 19.1 Å². The Morgan fingerprint density at radius 2 is 2.15 bits per heavy atom. The molecule has 1 saturated carbocycles. The van der Waals surface area contributed by atoms with Crippen LogP contribution in [-0.2, 0) is 4.79 Å². The fraction of sp³-hybridized carbons (Fsp3) is 0.385. The molecule has 20 heavy (non-hydrogen) atoms. The van der Waals surface area contributed by atoms with Gasteiger partial charge in [0, 0.05) is 0 Å². The molecule has 7 heteroatoms. The highest BCUT2D eigenvalue weighted by atomic mass is 35.5. The van der Waals surface area contributed by atoms with Crippen LogP contribution < -0.4 is 5.32 Å². The van der Waals surface area contributed by atoms with Crippen LogP contribution in [0, 0.1) is 5.82 Å². The second kappa shape index (κ2) is 5.38. The fourth-order valence-corrected chi connectivity index (χ4v) is 2.56. The zero-order valence-corrected chi connectivity index (χ0v) is 11.2. The average Bonchev–Trinajstić information content (AvgIpc) is 2.75. The maximum Gasteiger partial charge on any atom is 0.337 e. The lowest BCUT2D eigenvalue weighted by molar-refractivity contribution is -0.159. The van der Waals surface area contributed by atoms with Crippen molar-refractivity contribution in [3.8, 4) is 0 Å². The first-order valence-corrected chi connectivity index (χ1v) is 6.44. The lowest BCUT2D eigenvalue weighted by atomic mass is 9.97. The highest BCUT2D eigenvalue weighted by Gasteiger charge is 2.48. The van der Waals surface area contributed by atoms with E-state index in [1.165, 1.54) is 12.1 Å². The van der Waals surface area contributed by atoms with Crippen LogP contribution in [-0.4, -0.2) is 33.7 Å². The normalized spacial score (nSPS) is 25.4. The minimum atomic E-state index is -1.99. The number of amides is 1. The van der Waals surface area contributed by atoms with Gasteiger partial charge >= 0.3 is 5.97 Å². The predicted octanol–water partition coefficient (Wildman–Crippen LogP) is 1.58. The lowest BCUT2D eigenvalue weighted by Gasteiger charge is -2.26. The van der Waals surface area contributed by atoms with E-state index in [0.717, 1.165) is 6.07 Å². The number of hydrogen-bond donors (Lipinski definition) is 3. The standard InChI is InChI=1S/C13H13ClFNO4/c14-10-7(3-1-4-8(10)15)11(17)16-9-5-2-6-13(9,20)12(18)19/h1,3-4,9,20H,2,5-6H2,(H,16,17)(H,18,19). The Balaban J connectivity index is 2.20. The van der Waals surface area contributed by atoms with Crippen molar-refractivity contribution in [2.45, 2.75) is 30.9 Å². The summed E-state index contributed by atoms with van der Waals surface area (Å²) >= 11 is 5.69. The molecule has 1 aromatic rings. The van der Waals surface area contributed by atoms with Gasteiger partial charge in [0.05, 0.1) is 16.6 Å². The number of aliphatic carboxylic acids is 1. The van der Waals surface area contributed by atoms with E-state index in [0.29, 0.717) is 12.8 Å². The molecule has 1 aliphatic carbocycles. The Morgan fingerprint density at radius 3 is 2.80 bits per heavy atom. The van der Waals surface area contributed by atoms with Crippen LogP contribution >= 0.6 is 11.6 Å². The Bertz CT molecular complexity index is 565. The third-order valence-electron chi connectivity index (χ3n) is 3.50. The molecule has 3 N–H and O–H groups in total. The molecule has 0 aliphatic heterocycles. The molecule has 2 rings (SSSR count). The lowest BCUT2D eigenvalue weighted by Crippen LogP contribution is -2.54. The third kappa shape index (κ3) is 2.48. The summed E-state index contributed by atoms with van der Waals surface area (Å²) in [5, 5.41) is 21.1. The van der Waals surface area contributed by atoms with Gasteiger partial charge in [-0.25, -0.2) is 9.18 Å². The van der Waals surface area contributed by atoms with E-state index >= 15 is 0 Å². The van der Waals surface area contributed by atoms with Crippen molar-refractivity contribution in [3.05, 3.63) is 34.6 Å². The molecule has 108 valence electrons. The number of carbonyl (C=O) groups excluding carboxylic acids is 1. The summed E-state index contributed by atoms with van der Waals surface area (Å²) in [4.78, 5) is 23.1. The molecule has 0 bridgehead atoms. The van der Waals surface area contributed by atoms with Gasteiger partial charge in [-0.1, -0.05) is 17.7 Å². The Kier molecular flexibility index (Phi) is 3.96. The summed E-state index contributed by atoms with van der Waals surface area (Å²) < 4.78 is 13.3. The van der Waals surface area contributed by atoms with Crippen molar-refractivity contribution < 1.29 is 24.2 Å². The molecule has 1 amide bonds. The molecule has 1 aliphatic rings. The van der Waals surface area contributed by atoms with Crippen molar-refractivity contribution >= 4 is 23.5 Å². The molecule has 1 fully saturated rings. The largest absolute Gasteiger partial charge is 0.479 e. The minimum absolute atomic E-state index is 0.0597. The van der Waals surface area contributed by atoms with Gasteiger partial charge in [0.15, 0.2) is 5.60 Å². The van der Waals surface area contributed by atoms with Gasteiger partial charge < -0.3 is 15.5 Å². The minimum Gasteiger partial charge on any atom is -0.479 e. The van der Waals surface area contributed by atoms with Gasteiger partial charge in [-0.2, -0.15) is 0 Å². The first-order valence-electron chi connectivity index (χ1n) is 6.07. The predicted molar refractivity (Wildman–Crippen MR) is 69.1 cm³/mol. The Morgan fingerprint density at radius 1 is 1.45 bits per heavy atom. The maximum atomic E-state index is 13.3. The number of benzene rings is 1. The molecular formula is C13H13ClFNO4. The SMILES string of the molecule is O=C(NC1CCCC1(O)C(=O)O)c1cccc(F)c1Cl. The molecule has 0 heterocycles. The van der Waals surface area contributed by atoms with E-state index in [2.05, 4.69) is 5.32 Å². The fourth-order valence-electron chi connectivity index (χ4n) is 2.35. The quantitative estimate of drug-likeness (QED) is 0.791. The molecule has 2 atom stereocenters. The molecule has 0 saturated heterocycles. The van der Waals surface area contributed by atoms with Gasteiger partial charge in [0.1, 0.15) is 5.82 Å². The van der Waals surface area contributed by atoms with Gasteiger partial charge in [-0.3, -0.25) is 4.79 Å². The summed E-state index contributed by atoms with van der Waals surface area (Å²) in [6, 6.07) is 2.85. The van der Waals surface area contributed by atoms with E-state index in [-0.39, 0.29) is 17.0 Å². The van der Waals surface area contributed by atoms with Crippen LogP contribution in [0.25, 0.3) is 0 Å². The van der Waals surface area contributed by atoms with Crippen LogP contribution in [0.5, 0.6) is 0 Å². The van der Waals surface area contributed by atoms with Crippen LogP contribution in [0.3, 0.4) is 0 Å². The molecule has 1 aromatic carbocycles.